The predicted molar refractivity (Wildman–Crippen MR) is 77.3 cm³/mol. The molecule has 0 amide bonds. The van der Waals surface area contributed by atoms with Gasteiger partial charge in [-0.1, -0.05) is 17.7 Å². The van der Waals surface area contributed by atoms with Gasteiger partial charge in [-0.05, 0) is 56.8 Å². The summed E-state index contributed by atoms with van der Waals surface area (Å²) < 4.78 is 0. The van der Waals surface area contributed by atoms with E-state index in [0.717, 1.165) is 10.9 Å². The smallest absolute Gasteiger partial charge is 0.130 e. The molecule has 1 aliphatic carbocycles. The average molecular weight is 283 g/mol. The van der Waals surface area contributed by atoms with Gasteiger partial charge in [0.2, 0.25) is 0 Å². The molecule has 2 heterocycles. The lowest BCUT2D eigenvalue weighted by molar-refractivity contribution is 0.224. The number of thioether (sulfide) groups is 1. The van der Waals surface area contributed by atoms with E-state index in [2.05, 4.69) is 16.0 Å². The van der Waals surface area contributed by atoms with Crippen LogP contribution in [-0.4, -0.2) is 34.8 Å². The van der Waals surface area contributed by atoms with Gasteiger partial charge in [0.25, 0.3) is 0 Å². The van der Waals surface area contributed by atoms with Crippen LogP contribution < -0.4 is 0 Å². The number of halogens is 1. The number of hydrogen-bond donors (Lipinski definition) is 0. The summed E-state index contributed by atoms with van der Waals surface area (Å²) in [4.78, 5) is 7.00. The Morgan fingerprint density at radius 3 is 2.67 bits per heavy atom. The first-order valence-corrected chi connectivity index (χ1v) is 8.07. The number of rotatable bonds is 4. The molecule has 1 saturated carbocycles. The zero-order chi connectivity index (χ0) is 12.4. The third-order valence-corrected chi connectivity index (χ3v) is 5.21. The van der Waals surface area contributed by atoms with Gasteiger partial charge in [-0.2, -0.15) is 0 Å². The topological polar surface area (TPSA) is 16.1 Å². The third-order valence-electron chi connectivity index (χ3n) is 3.72. The zero-order valence-electron chi connectivity index (χ0n) is 10.5. The summed E-state index contributed by atoms with van der Waals surface area (Å²) in [5.41, 5.74) is 0. The maximum atomic E-state index is 5.92. The lowest BCUT2D eigenvalue weighted by atomic mass is 10.1. The minimum absolute atomic E-state index is 0.603. The van der Waals surface area contributed by atoms with Crippen LogP contribution in [0.2, 0.25) is 5.15 Å². The van der Waals surface area contributed by atoms with Crippen LogP contribution in [-0.2, 0) is 0 Å². The quantitative estimate of drug-likeness (QED) is 0.784. The summed E-state index contributed by atoms with van der Waals surface area (Å²) in [6.07, 6.45) is 5.49. The van der Waals surface area contributed by atoms with Crippen molar-refractivity contribution in [3.8, 4) is 0 Å². The second-order valence-electron chi connectivity index (χ2n) is 5.36. The molecular weight excluding hydrogens is 264 g/mol. The van der Waals surface area contributed by atoms with Gasteiger partial charge in [-0.15, -0.1) is 11.8 Å². The first-order valence-electron chi connectivity index (χ1n) is 6.81. The van der Waals surface area contributed by atoms with Gasteiger partial charge in [0.05, 0.1) is 5.03 Å². The Labute approximate surface area is 118 Å². The molecule has 1 aromatic heterocycles. The Morgan fingerprint density at radius 2 is 2.00 bits per heavy atom. The first kappa shape index (κ1) is 12.8. The molecule has 2 nitrogen and oxygen atoms in total. The molecule has 4 heteroatoms. The molecule has 0 N–H and O–H groups in total. The van der Waals surface area contributed by atoms with Gasteiger partial charge in [-0.3, -0.25) is 0 Å². The molecule has 0 spiro atoms. The Hall–Kier alpha value is -0.250. The summed E-state index contributed by atoms with van der Waals surface area (Å²) in [7, 11) is 0. The molecule has 0 unspecified atom stereocenters. The van der Waals surface area contributed by atoms with E-state index in [1.807, 2.05) is 23.9 Å². The number of hydrogen-bond acceptors (Lipinski definition) is 3. The number of nitrogens with zero attached hydrogens (tertiary/aromatic N) is 2. The molecule has 0 aromatic carbocycles. The minimum Gasteiger partial charge on any atom is -0.303 e. The van der Waals surface area contributed by atoms with Crippen LogP contribution in [0.25, 0.3) is 0 Å². The molecule has 0 radical (unpaired) electrons. The fourth-order valence-corrected chi connectivity index (χ4v) is 3.81. The molecule has 2 fully saturated rings. The van der Waals surface area contributed by atoms with Crippen molar-refractivity contribution in [3.63, 3.8) is 0 Å². The molecule has 3 rings (SSSR count). The maximum Gasteiger partial charge on any atom is 0.130 e. The highest BCUT2D eigenvalue weighted by atomic mass is 35.5. The van der Waals surface area contributed by atoms with Gasteiger partial charge in [0, 0.05) is 11.8 Å². The Kier molecular flexibility index (Phi) is 4.12. The molecule has 18 heavy (non-hydrogen) atoms. The predicted octanol–water partition coefficient (Wildman–Crippen LogP) is 3.70. The van der Waals surface area contributed by atoms with Crippen LogP contribution >= 0.6 is 23.4 Å². The molecular formula is C14H19ClN2S. The lowest BCUT2D eigenvalue weighted by Gasteiger charge is -2.31. The van der Waals surface area contributed by atoms with Crippen molar-refractivity contribution in [2.75, 3.05) is 19.6 Å². The zero-order valence-corrected chi connectivity index (χ0v) is 12.1. The van der Waals surface area contributed by atoms with E-state index in [9.17, 15) is 0 Å². The van der Waals surface area contributed by atoms with E-state index in [1.165, 1.54) is 45.3 Å². The number of pyridine rings is 1. The summed E-state index contributed by atoms with van der Waals surface area (Å²) in [5, 5.41) is 2.39. The summed E-state index contributed by atoms with van der Waals surface area (Å²) in [6.45, 7) is 3.86. The van der Waals surface area contributed by atoms with E-state index in [1.54, 1.807) is 0 Å². The van der Waals surface area contributed by atoms with Gasteiger partial charge in [-0.25, -0.2) is 4.98 Å². The van der Waals surface area contributed by atoms with E-state index >= 15 is 0 Å². The fourth-order valence-electron chi connectivity index (χ4n) is 2.50. The third kappa shape index (κ3) is 3.62. The van der Waals surface area contributed by atoms with Crippen molar-refractivity contribution < 1.29 is 0 Å². The molecule has 2 aliphatic rings. The van der Waals surface area contributed by atoms with Crippen molar-refractivity contribution in [3.05, 3.63) is 23.4 Å². The van der Waals surface area contributed by atoms with Gasteiger partial charge >= 0.3 is 0 Å². The largest absolute Gasteiger partial charge is 0.303 e. The Balaban J connectivity index is 1.47. The van der Waals surface area contributed by atoms with Crippen molar-refractivity contribution >= 4 is 23.4 Å². The van der Waals surface area contributed by atoms with Crippen molar-refractivity contribution in [1.82, 2.24) is 9.88 Å². The van der Waals surface area contributed by atoms with Crippen LogP contribution in [0.3, 0.4) is 0 Å². The SMILES string of the molecule is Clc1cccc(SC2CCN(CC3CC3)CC2)n1. The summed E-state index contributed by atoms with van der Waals surface area (Å²) >= 11 is 7.81. The Bertz CT molecular complexity index is 401. The van der Waals surface area contributed by atoms with Gasteiger partial charge < -0.3 is 4.90 Å². The van der Waals surface area contributed by atoms with Crippen molar-refractivity contribution in [2.45, 2.75) is 36.0 Å². The number of aromatic nitrogens is 1. The van der Waals surface area contributed by atoms with Crippen LogP contribution in [0, 0.1) is 5.92 Å². The van der Waals surface area contributed by atoms with Gasteiger partial charge in [0.15, 0.2) is 0 Å². The van der Waals surface area contributed by atoms with E-state index in [-0.39, 0.29) is 0 Å². The number of piperidine rings is 1. The Morgan fingerprint density at radius 1 is 1.22 bits per heavy atom. The maximum absolute atomic E-state index is 5.92. The summed E-state index contributed by atoms with van der Waals surface area (Å²) in [5.74, 6) is 1.02. The van der Waals surface area contributed by atoms with E-state index in [0.29, 0.717) is 10.4 Å². The minimum atomic E-state index is 0.603. The highest BCUT2D eigenvalue weighted by Gasteiger charge is 2.27. The monoisotopic (exact) mass is 282 g/mol. The molecule has 98 valence electrons. The summed E-state index contributed by atoms with van der Waals surface area (Å²) in [6, 6.07) is 5.89. The fraction of sp³-hybridized carbons (Fsp3) is 0.643. The van der Waals surface area contributed by atoms with Crippen LogP contribution in [0.1, 0.15) is 25.7 Å². The normalized spacial score (nSPS) is 22.3. The second kappa shape index (κ2) is 5.81. The lowest BCUT2D eigenvalue weighted by Crippen LogP contribution is -2.36. The molecule has 1 aliphatic heterocycles. The van der Waals surface area contributed by atoms with E-state index < -0.39 is 0 Å². The highest BCUT2D eigenvalue weighted by molar-refractivity contribution is 7.99. The molecule has 1 aromatic rings. The van der Waals surface area contributed by atoms with Crippen molar-refractivity contribution in [2.24, 2.45) is 5.92 Å². The van der Waals surface area contributed by atoms with Crippen LogP contribution in [0.15, 0.2) is 23.2 Å². The van der Waals surface area contributed by atoms with Crippen LogP contribution in [0.4, 0.5) is 0 Å². The van der Waals surface area contributed by atoms with Crippen LogP contribution in [0.5, 0.6) is 0 Å². The second-order valence-corrected chi connectivity index (χ2v) is 7.07. The first-order chi connectivity index (χ1) is 8.79. The molecule has 1 saturated heterocycles. The average Bonchev–Trinajstić information content (AvgIpc) is 3.16. The molecule has 0 bridgehead atoms. The van der Waals surface area contributed by atoms with Crippen molar-refractivity contribution in [1.29, 1.82) is 0 Å². The standard InChI is InChI=1S/C14H19ClN2S/c15-13-2-1-3-14(16-13)18-12-6-8-17(9-7-12)10-11-4-5-11/h1-3,11-12H,4-10H2. The molecule has 0 atom stereocenters. The highest BCUT2D eigenvalue weighted by Crippen LogP contribution is 2.33. The van der Waals surface area contributed by atoms with E-state index in [4.69, 9.17) is 11.6 Å². The van der Waals surface area contributed by atoms with Gasteiger partial charge in [0.1, 0.15) is 5.15 Å². The number of likely N-dealkylation sites (tertiary alicyclic amines) is 1.